The predicted octanol–water partition coefficient (Wildman–Crippen LogP) is 2.56. The topological polar surface area (TPSA) is 38.0 Å². The second-order valence-corrected chi connectivity index (χ2v) is 4.16. The summed E-state index contributed by atoms with van der Waals surface area (Å²) in [6, 6.07) is 8.63. The molecule has 0 aliphatic carbocycles. The number of hydrogen-bond donors (Lipinski definition) is 2. The molecule has 2 nitrogen and oxygen atoms in total. The SMILES string of the molecule is CCC(N)CNc1cccc(SC)c1. The molecular weight excluding hydrogens is 192 g/mol. The van der Waals surface area contributed by atoms with E-state index in [1.54, 1.807) is 11.8 Å². The third kappa shape index (κ3) is 3.60. The van der Waals surface area contributed by atoms with Crippen LogP contribution in [0.4, 0.5) is 5.69 Å². The van der Waals surface area contributed by atoms with Crippen LogP contribution < -0.4 is 11.1 Å². The van der Waals surface area contributed by atoms with Crippen LogP contribution in [-0.4, -0.2) is 18.8 Å². The number of hydrogen-bond acceptors (Lipinski definition) is 3. The second kappa shape index (κ2) is 5.94. The van der Waals surface area contributed by atoms with Crippen molar-refractivity contribution in [2.45, 2.75) is 24.3 Å². The molecule has 0 heterocycles. The van der Waals surface area contributed by atoms with Gasteiger partial charge in [-0.25, -0.2) is 0 Å². The molecule has 0 aromatic heterocycles. The van der Waals surface area contributed by atoms with Gasteiger partial charge in [0, 0.05) is 23.2 Å². The maximum absolute atomic E-state index is 5.82. The molecule has 1 atom stereocenters. The molecule has 0 fully saturated rings. The van der Waals surface area contributed by atoms with Gasteiger partial charge < -0.3 is 11.1 Å². The summed E-state index contributed by atoms with van der Waals surface area (Å²) in [6.45, 7) is 2.94. The van der Waals surface area contributed by atoms with Crippen LogP contribution in [0.1, 0.15) is 13.3 Å². The zero-order valence-electron chi connectivity index (χ0n) is 8.79. The number of nitrogens with two attached hydrogens (primary N) is 1. The maximum atomic E-state index is 5.82. The Labute approximate surface area is 90.3 Å². The van der Waals surface area contributed by atoms with Crippen molar-refractivity contribution in [1.82, 2.24) is 0 Å². The molecule has 0 saturated carbocycles. The predicted molar refractivity (Wildman–Crippen MR) is 65.0 cm³/mol. The van der Waals surface area contributed by atoms with Gasteiger partial charge in [0.25, 0.3) is 0 Å². The summed E-state index contributed by atoms with van der Waals surface area (Å²) in [7, 11) is 0. The van der Waals surface area contributed by atoms with E-state index < -0.39 is 0 Å². The largest absolute Gasteiger partial charge is 0.383 e. The molecule has 0 amide bonds. The molecule has 3 N–H and O–H groups in total. The quantitative estimate of drug-likeness (QED) is 0.734. The summed E-state index contributed by atoms with van der Waals surface area (Å²) in [5.41, 5.74) is 6.98. The van der Waals surface area contributed by atoms with E-state index in [1.165, 1.54) is 4.90 Å². The van der Waals surface area contributed by atoms with E-state index in [9.17, 15) is 0 Å². The van der Waals surface area contributed by atoms with Crippen molar-refractivity contribution in [3.8, 4) is 0 Å². The molecule has 0 bridgehead atoms. The van der Waals surface area contributed by atoms with Gasteiger partial charge in [0.15, 0.2) is 0 Å². The highest BCUT2D eigenvalue weighted by Gasteiger charge is 1.98. The van der Waals surface area contributed by atoms with Crippen molar-refractivity contribution >= 4 is 17.4 Å². The van der Waals surface area contributed by atoms with Gasteiger partial charge >= 0.3 is 0 Å². The summed E-state index contributed by atoms with van der Waals surface area (Å²) in [4.78, 5) is 1.28. The fourth-order valence-corrected chi connectivity index (χ4v) is 1.59. The van der Waals surface area contributed by atoms with Gasteiger partial charge in [0.2, 0.25) is 0 Å². The van der Waals surface area contributed by atoms with Gasteiger partial charge in [-0.1, -0.05) is 13.0 Å². The molecule has 1 aromatic rings. The van der Waals surface area contributed by atoms with Crippen molar-refractivity contribution in [3.05, 3.63) is 24.3 Å². The lowest BCUT2D eigenvalue weighted by molar-refractivity contribution is 0.679. The van der Waals surface area contributed by atoms with Gasteiger partial charge in [-0.2, -0.15) is 0 Å². The standard InChI is InChI=1S/C11H18N2S/c1-3-9(12)8-13-10-5-4-6-11(7-10)14-2/h4-7,9,13H,3,8,12H2,1-2H3. The molecule has 14 heavy (non-hydrogen) atoms. The Morgan fingerprint density at radius 1 is 1.50 bits per heavy atom. The average molecular weight is 210 g/mol. The normalized spacial score (nSPS) is 12.5. The first kappa shape index (κ1) is 11.4. The van der Waals surface area contributed by atoms with E-state index in [4.69, 9.17) is 5.73 Å². The van der Waals surface area contributed by atoms with Crippen molar-refractivity contribution in [2.24, 2.45) is 5.73 Å². The van der Waals surface area contributed by atoms with E-state index in [2.05, 4.69) is 42.8 Å². The highest BCUT2D eigenvalue weighted by molar-refractivity contribution is 7.98. The molecule has 78 valence electrons. The van der Waals surface area contributed by atoms with Crippen LogP contribution in [0, 0.1) is 0 Å². The van der Waals surface area contributed by atoms with Crippen LogP contribution in [0.3, 0.4) is 0 Å². The van der Waals surface area contributed by atoms with E-state index in [0.29, 0.717) is 0 Å². The minimum Gasteiger partial charge on any atom is -0.383 e. The molecule has 0 aliphatic rings. The third-order valence-electron chi connectivity index (χ3n) is 2.16. The Morgan fingerprint density at radius 3 is 2.93 bits per heavy atom. The van der Waals surface area contributed by atoms with Crippen LogP contribution in [-0.2, 0) is 0 Å². The zero-order chi connectivity index (χ0) is 10.4. The van der Waals surface area contributed by atoms with Gasteiger partial charge in [0.05, 0.1) is 0 Å². The van der Waals surface area contributed by atoms with Gasteiger partial charge in [0.1, 0.15) is 0 Å². The smallest absolute Gasteiger partial charge is 0.0351 e. The summed E-state index contributed by atoms with van der Waals surface area (Å²) in [5.74, 6) is 0. The van der Waals surface area contributed by atoms with Crippen LogP contribution in [0.2, 0.25) is 0 Å². The Bertz CT molecular complexity index is 276. The Balaban J connectivity index is 2.50. The first-order chi connectivity index (χ1) is 6.76. The molecule has 0 spiro atoms. The fraction of sp³-hybridized carbons (Fsp3) is 0.455. The maximum Gasteiger partial charge on any atom is 0.0351 e. The highest BCUT2D eigenvalue weighted by Crippen LogP contribution is 2.18. The Hall–Kier alpha value is -0.670. The van der Waals surface area contributed by atoms with Crippen LogP contribution in [0.25, 0.3) is 0 Å². The molecule has 1 unspecified atom stereocenters. The lowest BCUT2D eigenvalue weighted by Gasteiger charge is -2.11. The molecule has 3 heteroatoms. The molecule has 0 saturated heterocycles. The van der Waals surface area contributed by atoms with E-state index in [-0.39, 0.29) is 6.04 Å². The van der Waals surface area contributed by atoms with Crippen LogP contribution in [0.5, 0.6) is 0 Å². The summed E-state index contributed by atoms with van der Waals surface area (Å²) in [5, 5.41) is 3.33. The molecule has 1 aromatic carbocycles. The van der Waals surface area contributed by atoms with Gasteiger partial charge in [-0.05, 0) is 30.9 Å². The monoisotopic (exact) mass is 210 g/mol. The first-order valence-corrected chi connectivity index (χ1v) is 6.12. The van der Waals surface area contributed by atoms with Crippen molar-refractivity contribution in [2.75, 3.05) is 18.1 Å². The molecule has 0 aliphatic heterocycles. The Kier molecular flexibility index (Phi) is 4.84. The molecular formula is C11H18N2S. The number of benzene rings is 1. The number of rotatable bonds is 5. The molecule has 1 rings (SSSR count). The summed E-state index contributed by atoms with van der Waals surface area (Å²) < 4.78 is 0. The minimum atomic E-state index is 0.243. The second-order valence-electron chi connectivity index (χ2n) is 3.28. The Morgan fingerprint density at radius 2 is 2.29 bits per heavy atom. The number of nitrogens with one attached hydrogen (secondary N) is 1. The fourth-order valence-electron chi connectivity index (χ4n) is 1.13. The van der Waals surface area contributed by atoms with E-state index >= 15 is 0 Å². The first-order valence-electron chi connectivity index (χ1n) is 4.89. The average Bonchev–Trinajstić information content (AvgIpc) is 2.26. The van der Waals surface area contributed by atoms with Gasteiger partial charge in [-0.3, -0.25) is 0 Å². The van der Waals surface area contributed by atoms with Crippen molar-refractivity contribution in [1.29, 1.82) is 0 Å². The number of anilines is 1. The van der Waals surface area contributed by atoms with Crippen molar-refractivity contribution < 1.29 is 0 Å². The number of thioether (sulfide) groups is 1. The molecule has 0 radical (unpaired) electrons. The van der Waals surface area contributed by atoms with Crippen LogP contribution in [0.15, 0.2) is 29.2 Å². The summed E-state index contributed by atoms with van der Waals surface area (Å²) in [6.07, 6.45) is 3.09. The van der Waals surface area contributed by atoms with E-state index in [0.717, 1.165) is 18.7 Å². The zero-order valence-corrected chi connectivity index (χ0v) is 9.60. The lowest BCUT2D eigenvalue weighted by atomic mass is 10.2. The van der Waals surface area contributed by atoms with Crippen LogP contribution >= 0.6 is 11.8 Å². The third-order valence-corrected chi connectivity index (χ3v) is 2.89. The van der Waals surface area contributed by atoms with Gasteiger partial charge in [-0.15, -0.1) is 11.8 Å². The van der Waals surface area contributed by atoms with E-state index in [1.807, 2.05) is 0 Å². The van der Waals surface area contributed by atoms with Crippen molar-refractivity contribution in [3.63, 3.8) is 0 Å². The minimum absolute atomic E-state index is 0.243. The summed E-state index contributed by atoms with van der Waals surface area (Å²) >= 11 is 1.75. The highest BCUT2D eigenvalue weighted by atomic mass is 32.2. The lowest BCUT2D eigenvalue weighted by Crippen LogP contribution is -2.27.